The van der Waals surface area contributed by atoms with Crippen LogP contribution in [0, 0.1) is 6.92 Å². The molecule has 0 amide bonds. The molecule has 2 aromatic carbocycles. The van der Waals surface area contributed by atoms with Crippen molar-refractivity contribution in [3.05, 3.63) is 71.4 Å². The highest BCUT2D eigenvalue weighted by molar-refractivity contribution is 5.60. The number of nitrogens with one attached hydrogen (secondary N) is 1. The summed E-state index contributed by atoms with van der Waals surface area (Å²) in [5, 5.41) is 13.1. The van der Waals surface area contributed by atoms with Crippen molar-refractivity contribution in [2.24, 2.45) is 0 Å². The Morgan fingerprint density at radius 2 is 1.69 bits per heavy atom. The molecule has 0 unspecified atom stereocenters. The molecule has 3 aromatic rings. The highest BCUT2D eigenvalue weighted by Gasteiger charge is 2.13. The molecule has 26 heavy (non-hydrogen) atoms. The number of nitrogens with zero attached hydrogens (tertiary/aromatic N) is 3. The van der Waals surface area contributed by atoms with Crippen molar-refractivity contribution in [1.29, 1.82) is 0 Å². The van der Waals surface area contributed by atoms with Crippen molar-refractivity contribution in [3.63, 3.8) is 0 Å². The number of aryl methyl sites for hydroxylation is 1. The lowest BCUT2D eigenvalue weighted by Crippen LogP contribution is -2.16. The Bertz CT molecular complexity index is 791. The van der Waals surface area contributed by atoms with Crippen LogP contribution in [-0.4, -0.2) is 21.5 Å². The Balaban J connectivity index is 1.76. The summed E-state index contributed by atoms with van der Waals surface area (Å²) in [6.07, 6.45) is 3.71. The summed E-state index contributed by atoms with van der Waals surface area (Å²) in [7, 11) is 0. The van der Waals surface area contributed by atoms with Crippen LogP contribution in [0.2, 0.25) is 0 Å². The van der Waals surface area contributed by atoms with E-state index in [-0.39, 0.29) is 0 Å². The van der Waals surface area contributed by atoms with E-state index in [1.165, 1.54) is 30.4 Å². The minimum Gasteiger partial charge on any atom is -0.311 e. The maximum Gasteiger partial charge on any atom is 0.117 e. The van der Waals surface area contributed by atoms with E-state index in [2.05, 4.69) is 55.6 Å². The summed E-state index contributed by atoms with van der Waals surface area (Å²) >= 11 is 0. The largest absolute Gasteiger partial charge is 0.311 e. The molecule has 1 N–H and O–H groups in total. The van der Waals surface area contributed by atoms with Crippen LogP contribution in [0.1, 0.15) is 43.0 Å². The molecule has 0 aliphatic carbocycles. The quantitative estimate of drug-likeness (QED) is 0.576. The van der Waals surface area contributed by atoms with Gasteiger partial charge < -0.3 is 5.32 Å². The summed E-state index contributed by atoms with van der Waals surface area (Å²) < 4.78 is 0. The Morgan fingerprint density at radius 1 is 0.923 bits per heavy atom. The Labute approximate surface area is 156 Å². The van der Waals surface area contributed by atoms with Gasteiger partial charge in [0.25, 0.3) is 0 Å². The molecular weight excluding hydrogens is 320 g/mol. The van der Waals surface area contributed by atoms with E-state index in [4.69, 9.17) is 10.2 Å². The van der Waals surface area contributed by atoms with Crippen LogP contribution in [0.15, 0.2) is 54.6 Å². The third-order valence-electron chi connectivity index (χ3n) is 4.47. The minimum absolute atomic E-state index is 0.690. The van der Waals surface area contributed by atoms with Gasteiger partial charge in [-0.1, -0.05) is 79.9 Å². The first-order valence-electron chi connectivity index (χ1n) is 9.52. The van der Waals surface area contributed by atoms with E-state index >= 15 is 0 Å². The summed E-state index contributed by atoms with van der Waals surface area (Å²) in [6.45, 7) is 6.79. The second kappa shape index (κ2) is 9.30. The zero-order chi connectivity index (χ0) is 18.2. The first kappa shape index (κ1) is 18.3. The molecule has 0 aliphatic rings. The molecule has 1 heterocycles. The molecule has 0 saturated heterocycles. The summed E-state index contributed by atoms with van der Waals surface area (Å²) in [5.41, 5.74) is 5.59. The van der Waals surface area contributed by atoms with E-state index in [9.17, 15) is 0 Å². The van der Waals surface area contributed by atoms with Gasteiger partial charge >= 0.3 is 0 Å². The molecule has 0 fully saturated rings. The molecule has 0 saturated carbocycles. The Hall–Kier alpha value is -2.46. The molecule has 0 aliphatic heterocycles. The second-order valence-electron chi connectivity index (χ2n) is 6.76. The van der Waals surface area contributed by atoms with Gasteiger partial charge in [-0.2, -0.15) is 15.0 Å². The van der Waals surface area contributed by atoms with Crippen LogP contribution < -0.4 is 5.32 Å². The Morgan fingerprint density at radius 3 is 2.42 bits per heavy atom. The third-order valence-corrected chi connectivity index (χ3v) is 4.47. The van der Waals surface area contributed by atoms with Crippen molar-refractivity contribution in [3.8, 4) is 11.3 Å². The molecule has 4 heteroatoms. The van der Waals surface area contributed by atoms with Crippen molar-refractivity contribution < 1.29 is 0 Å². The third kappa shape index (κ3) is 5.02. The fourth-order valence-corrected chi connectivity index (χ4v) is 2.96. The van der Waals surface area contributed by atoms with E-state index in [1.807, 2.05) is 23.0 Å². The van der Waals surface area contributed by atoms with E-state index < -0.39 is 0 Å². The molecule has 3 rings (SSSR count). The van der Waals surface area contributed by atoms with E-state index in [1.54, 1.807) is 0 Å². The molecular formula is C22H28N4. The first-order valence-corrected chi connectivity index (χ1v) is 9.52. The molecule has 0 bridgehead atoms. The number of hydrogen-bond acceptors (Lipinski definition) is 3. The fraction of sp³-hybridized carbons (Fsp3) is 0.364. The van der Waals surface area contributed by atoms with Gasteiger partial charge in [0.1, 0.15) is 11.4 Å². The first-order chi connectivity index (χ1) is 12.8. The van der Waals surface area contributed by atoms with Gasteiger partial charge in [-0.3, -0.25) is 0 Å². The highest BCUT2D eigenvalue weighted by atomic mass is 15.5. The van der Waals surface area contributed by atoms with Gasteiger partial charge in [0.05, 0.1) is 6.54 Å². The standard InChI is InChI=1S/C22H28N4/c1-3-4-8-15-23-16-21-22(20-9-6-5-7-10-20)25-26(24-21)17-19-13-11-18(2)12-14-19/h5-7,9-14,23H,3-4,8,15-17H2,1-2H3. The normalized spacial score (nSPS) is 11.0. The van der Waals surface area contributed by atoms with Crippen molar-refractivity contribution in [1.82, 2.24) is 20.3 Å². The summed E-state index contributed by atoms with van der Waals surface area (Å²) in [5.74, 6) is 0. The average Bonchev–Trinajstić information content (AvgIpc) is 3.07. The number of benzene rings is 2. The number of rotatable bonds is 9. The van der Waals surface area contributed by atoms with Crippen molar-refractivity contribution >= 4 is 0 Å². The lowest BCUT2D eigenvalue weighted by molar-refractivity contribution is 0.569. The SMILES string of the molecule is CCCCCNCc1nn(Cc2ccc(C)cc2)nc1-c1ccccc1. The monoisotopic (exact) mass is 348 g/mol. The maximum atomic E-state index is 4.78. The predicted octanol–water partition coefficient (Wildman–Crippen LogP) is 4.58. The predicted molar refractivity (Wildman–Crippen MR) is 107 cm³/mol. The lowest BCUT2D eigenvalue weighted by Gasteiger charge is -2.03. The number of aromatic nitrogens is 3. The van der Waals surface area contributed by atoms with Crippen molar-refractivity contribution in [2.75, 3.05) is 6.54 Å². The van der Waals surface area contributed by atoms with Gasteiger partial charge in [-0.15, -0.1) is 0 Å². The minimum atomic E-state index is 0.690. The fourth-order valence-electron chi connectivity index (χ4n) is 2.96. The molecule has 1 aromatic heterocycles. The summed E-state index contributed by atoms with van der Waals surface area (Å²) in [6, 6.07) is 18.9. The van der Waals surface area contributed by atoms with Gasteiger partial charge in [0.2, 0.25) is 0 Å². The second-order valence-corrected chi connectivity index (χ2v) is 6.76. The van der Waals surface area contributed by atoms with Gasteiger partial charge in [-0.25, -0.2) is 0 Å². The van der Waals surface area contributed by atoms with Gasteiger partial charge in [0.15, 0.2) is 0 Å². The Kier molecular flexibility index (Phi) is 6.56. The van der Waals surface area contributed by atoms with Crippen LogP contribution in [0.4, 0.5) is 0 Å². The van der Waals surface area contributed by atoms with Crippen LogP contribution in [0.25, 0.3) is 11.3 Å². The van der Waals surface area contributed by atoms with Gasteiger partial charge in [0, 0.05) is 12.1 Å². The molecule has 0 spiro atoms. The zero-order valence-corrected chi connectivity index (χ0v) is 15.8. The molecule has 136 valence electrons. The molecule has 0 radical (unpaired) electrons. The van der Waals surface area contributed by atoms with Crippen molar-refractivity contribution in [2.45, 2.75) is 46.2 Å². The van der Waals surface area contributed by atoms with Crippen LogP contribution in [-0.2, 0) is 13.1 Å². The maximum absolute atomic E-state index is 4.78. The van der Waals surface area contributed by atoms with Crippen LogP contribution in [0.5, 0.6) is 0 Å². The molecule has 0 atom stereocenters. The van der Waals surface area contributed by atoms with E-state index in [0.717, 1.165) is 30.0 Å². The molecule has 4 nitrogen and oxygen atoms in total. The number of hydrogen-bond donors (Lipinski definition) is 1. The number of unbranched alkanes of at least 4 members (excludes halogenated alkanes) is 2. The highest BCUT2D eigenvalue weighted by Crippen LogP contribution is 2.20. The smallest absolute Gasteiger partial charge is 0.117 e. The van der Waals surface area contributed by atoms with Crippen LogP contribution in [0.3, 0.4) is 0 Å². The van der Waals surface area contributed by atoms with Gasteiger partial charge in [-0.05, 0) is 25.5 Å². The zero-order valence-electron chi connectivity index (χ0n) is 15.8. The topological polar surface area (TPSA) is 42.7 Å². The average molecular weight is 348 g/mol. The lowest BCUT2D eigenvalue weighted by atomic mass is 10.1. The van der Waals surface area contributed by atoms with Crippen LogP contribution >= 0.6 is 0 Å². The van der Waals surface area contributed by atoms with E-state index in [0.29, 0.717) is 6.54 Å². The summed E-state index contributed by atoms with van der Waals surface area (Å²) in [4.78, 5) is 1.82.